The Kier molecular flexibility index (Phi) is 74.0. The summed E-state index contributed by atoms with van der Waals surface area (Å²) in [5.74, 6) is 0.311. The molecule has 4 N–H and O–H groups in total. The molecule has 8 heteroatoms. The van der Waals surface area contributed by atoms with Gasteiger partial charge in [-0.15, -0.1) is 0 Å². The van der Waals surface area contributed by atoms with Gasteiger partial charge in [0.05, 0.1) is 6.67 Å². The maximum absolute atomic E-state index is 12.0. The third-order valence-electron chi connectivity index (χ3n) is 16.0. The van der Waals surface area contributed by atoms with Crippen molar-refractivity contribution in [3.8, 4) is 0 Å². The average Bonchev–Trinajstić information content (AvgIpc) is 3.48. The second-order valence-electron chi connectivity index (χ2n) is 24.4. The summed E-state index contributed by atoms with van der Waals surface area (Å²) in [6, 6.07) is 0. The molecular formula is C75H142N4O4. The Hall–Kier alpha value is -3.16. The summed E-state index contributed by atoms with van der Waals surface area (Å²) >= 11 is 0. The molecule has 0 spiro atoms. The summed E-state index contributed by atoms with van der Waals surface area (Å²) in [6.45, 7) is 10.4. The second kappa shape index (κ2) is 74.9. The van der Waals surface area contributed by atoms with Crippen LogP contribution < -0.4 is 21.3 Å². The lowest BCUT2D eigenvalue weighted by atomic mass is 10.1. The predicted octanol–water partition coefficient (Wildman–Crippen LogP) is 22.5. The molecule has 83 heavy (non-hydrogen) atoms. The molecule has 0 radical (unpaired) electrons. The van der Waals surface area contributed by atoms with Crippen LogP contribution in [0.3, 0.4) is 0 Å². The van der Waals surface area contributed by atoms with E-state index in [9.17, 15) is 19.2 Å². The highest BCUT2D eigenvalue weighted by atomic mass is 16.2. The fraction of sp³-hybridized carbons (Fsp3) is 0.840. The summed E-state index contributed by atoms with van der Waals surface area (Å²) in [4.78, 5) is 48.0. The Labute approximate surface area is 517 Å². The van der Waals surface area contributed by atoms with Crippen molar-refractivity contribution >= 4 is 23.6 Å². The van der Waals surface area contributed by atoms with Crippen molar-refractivity contribution in [3.63, 3.8) is 0 Å². The maximum Gasteiger partial charge on any atom is 0.221 e. The van der Waals surface area contributed by atoms with Gasteiger partial charge < -0.3 is 21.3 Å². The monoisotopic (exact) mass is 1160 g/mol. The molecule has 0 saturated heterocycles. The molecular weight excluding hydrogens is 1020 g/mol. The zero-order chi connectivity index (χ0) is 60.5. The van der Waals surface area contributed by atoms with E-state index < -0.39 is 0 Å². The van der Waals surface area contributed by atoms with Gasteiger partial charge in [0, 0.05) is 38.8 Å². The first-order chi connectivity index (χ1) is 40.9. The molecule has 0 atom stereocenters. The lowest BCUT2D eigenvalue weighted by Crippen LogP contribution is -2.37. The first-order valence-electron chi connectivity index (χ1n) is 36.6. The molecule has 0 aliphatic rings. The number of unbranched alkanes of at least 4 members (excludes halogenated alkanes) is 44. The van der Waals surface area contributed by atoms with E-state index in [1.54, 1.807) is 0 Å². The number of amides is 4. The first kappa shape index (κ1) is 81.9. The largest absolute Gasteiger partial charge is 0.354 e. The molecule has 0 aromatic carbocycles. The maximum atomic E-state index is 12.0. The van der Waals surface area contributed by atoms with Crippen molar-refractivity contribution in [1.82, 2.24) is 21.3 Å². The summed E-state index contributed by atoms with van der Waals surface area (Å²) in [6.07, 6.45) is 86.9. The Bertz CT molecular complexity index is 1350. The normalized spacial score (nSPS) is 11.6. The van der Waals surface area contributed by atoms with Crippen molar-refractivity contribution < 1.29 is 19.2 Å². The molecule has 0 bridgehead atoms. The van der Waals surface area contributed by atoms with E-state index in [4.69, 9.17) is 0 Å². The van der Waals surface area contributed by atoms with Crippen molar-refractivity contribution in [2.75, 3.05) is 19.8 Å². The quantitative estimate of drug-likeness (QED) is 0.0276. The highest BCUT2D eigenvalue weighted by molar-refractivity contribution is 5.78. The third kappa shape index (κ3) is 76.8. The minimum absolute atomic E-state index is 0.0453. The molecule has 0 saturated carbocycles. The second-order valence-corrected chi connectivity index (χ2v) is 24.4. The standard InChI is InChI=1S/C38H72N2O2.C37H70N2O2/c1-3-5-7-9-11-13-15-17-19-21-23-25-27-29-31-33-37(41)39-35-36-40-38(42)34-32-30-28-26-24-22-20-18-16-14-12-10-8-6-4-2;1-3-5-7-9-11-13-15-17-19-21-23-25-27-29-31-33-36(40)38-35-39-37(41)34-32-30-28-26-24-22-20-18-16-14-12-10-8-6-4-2/h17-20H,3-16,21-36H2,1-2H3,(H,39,41)(H,40,42);17-20H,3-16,21-35H2,1-2H3,(H,38,40)(H,39,41). The van der Waals surface area contributed by atoms with Crippen LogP contribution in [-0.2, 0) is 19.2 Å². The number of hydrogen-bond acceptors (Lipinski definition) is 4. The van der Waals surface area contributed by atoms with Crippen LogP contribution in [0.5, 0.6) is 0 Å². The molecule has 0 aliphatic heterocycles. The summed E-state index contributed by atoms with van der Waals surface area (Å²) in [5, 5.41) is 11.5. The van der Waals surface area contributed by atoms with Gasteiger partial charge >= 0.3 is 0 Å². The molecule has 8 nitrogen and oxygen atoms in total. The predicted molar refractivity (Wildman–Crippen MR) is 365 cm³/mol. The summed E-state index contributed by atoms with van der Waals surface area (Å²) in [5.41, 5.74) is 0. The van der Waals surface area contributed by atoms with Crippen molar-refractivity contribution in [3.05, 3.63) is 48.6 Å². The van der Waals surface area contributed by atoms with Crippen LogP contribution in [0.25, 0.3) is 0 Å². The zero-order valence-corrected chi connectivity index (χ0v) is 56.0. The highest BCUT2D eigenvalue weighted by Crippen LogP contribution is 2.15. The van der Waals surface area contributed by atoms with Crippen molar-refractivity contribution in [2.24, 2.45) is 0 Å². The molecule has 0 unspecified atom stereocenters. The molecule has 0 aromatic heterocycles. The first-order valence-corrected chi connectivity index (χ1v) is 36.6. The van der Waals surface area contributed by atoms with Crippen LogP contribution in [0.1, 0.15) is 387 Å². The van der Waals surface area contributed by atoms with E-state index in [0.29, 0.717) is 38.8 Å². The van der Waals surface area contributed by atoms with E-state index in [0.717, 1.165) is 51.4 Å². The van der Waals surface area contributed by atoms with Gasteiger partial charge in [-0.1, -0.05) is 282 Å². The number of rotatable bonds is 65. The van der Waals surface area contributed by atoms with Crippen LogP contribution in [-0.4, -0.2) is 43.4 Å². The van der Waals surface area contributed by atoms with Crippen LogP contribution in [0, 0.1) is 0 Å². The molecule has 0 heterocycles. The van der Waals surface area contributed by atoms with Gasteiger partial charge in [0.1, 0.15) is 0 Å². The van der Waals surface area contributed by atoms with Crippen LogP contribution in [0.4, 0.5) is 0 Å². The summed E-state index contributed by atoms with van der Waals surface area (Å²) < 4.78 is 0. The van der Waals surface area contributed by atoms with E-state index >= 15 is 0 Å². The smallest absolute Gasteiger partial charge is 0.221 e. The number of carbonyl (C=O) groups excluding carboxylic acids is 4. The molecule has 0 aliphatic carbocycles. The van der Waals surface area contributed by atoms with Gasteiger partial charge in [-0.25, -0.2) is 0 Å². The molecule has 0 fully saturated rings. The Morgan fingerprint density at radius 1 is 0.205 bits per heavy atom. The van der Waals surface area contributed by atoms with Crippen molar-refractivity contribution in [2.45, 2.75) is 387 Å². The number of carbonyl (C=O) groups is 4. The van der Waals surface area contributed by atoms with Crippen molar-refractivity contribution in [1.29, 1.82) is 0 Å². The lowest BCUT2D eigenvalue weighted by Gasteiger charge is -2.07. The Balaban J connectivity index is 0. The zero-order valence-electron chi connectivity index (χ0n) is 56.0. The number of allylic oxidation sites excluding steroid dienone is 8. The van der Waals surface area contributed by atoms with E-state index in [1.165, 1.54) is 283 Å². The molecule has 486 valence electrons. The highest BCUT2D eigenvalue weighted by Gasteiger charge is 2.06. The van der Waals surface area contributed by atoms with Gasteiger partial charge in [-0.2, -0.15) is 0 Å². The van der Waals surface area contributed by atoms with Gasteiger partial charge in [0.25, 0.3) is 0 Å². The SMILES string of the molecule is CCCCCCCCC=CCCCCCCCC(=O)NCCNC(=O)CCCCCCCC=CCCCCCCCC.CCCCCCCCC=CCCCCCCCC(=O)NCNC(=O)CCCCCCCC=CCCCCCCCC. The van der Waals surface area contributed by atoms with Gasteiger partial charge in [-0.05, 0) is 128 Å². The van der Waals surface area contributed by atoms with E-state index in [1.807, 2.05) is 0 Å². The fourth-order valence-electron chi connectivity index (χ4n) is 10.4. The van der Waals surface area contributed by atoms with Crippen LogP contribution in [0.2, 0.25) is 0 Å². The Morgan fingerprint density at radius 2 is 0.361 bits per heavy atom. The summed E-state index contributed by atoms with van der Waals surface area (Å²) in [7, 11) is 0. The van der Waals surface area contributed by atoms with Gasteiger partial charge in [0.15, 0.2) is 0 Å². The third-order valence-corrected chi connectivity index (χ3v) is 16.0. The minimum Gasteiger partial charge on any atom is -0.354 e. The fourth-order valence-corrected chi connectivity index (χ4v) is 10.4. The molecule has 4 amide bonds. The Morgan fingerprint density at radius 3 is 0.554 bits per heavy atom. The van der Waals surface area contributed by atoms with Gasteiger partial charge in [-0.3, -0.25) is 19.2 Å². The number of hydrogen-bond donors (Lipinski definition) is 4. The van der Waals surface area contributed by atoms with Crippen LogP contribution >= 0.6 is 0 Å². The topological polar surface area (TPSA) is 116 Å². The average molecular weight is 1160 g/mol. The lowest BCUT2D eigenvalue weighted by molar-refractivity contribution is -0.123. The minimum atomic E-state index is 0.0453. The van der Waals surface area contributed by atoms with Gasteiger partial charge in [0.2, 0.25) is 23.6 Å². The molecule has 0 rings (SSSR count). The number of nitrogens with one attached hydrogen (secondary N) is 4. The van der Waals surface area contributed by atoms with E-state index in [-0.39, 0.29) is 30.3 Å². The van der Waals surface area contributed by atoms with Crippen LogP contribution in [0.15, 0.2) is 48.6 Å². The van der Waals surface area contributed by atoms with E-state index in [2.05, 4.69) is 97.6 Å². The molecule has 0 aromatic rings.